The zero-order valence-electron chi connectivity index (χ0n) is 16.5. The third-order valence-corrected chi connectivity index (χ3v) is 6.31. The van der Waals surface area contributed by atoms with Gasteiger partial charge < -0.3 is 9.47 Å². The summed E-state index contributed by atoms with van der Waals surface area (Å²) in [5.74, 6) is -1.15. The highest BCUT2D eigenvalue weighted by atomic mass is 32.1. The summed E-state index contributed by atoms with van der Waals surface area (Å²) in [6, 6.07) is 7.81. The van der Waals surface area contributed by atoms with Crippen molar-refractivity contribution in [2.45, 2.75) is 38.3 Å². The number of esters is 1. The Kier molecular flexibility index (Phi) is 5.14. The molecule has 1 aliphatic rings. The molecule has 0 saturated carbocycles. The molecule has 30 heavy (non-hydrogen) atoms. The predicted molar refractivity (Wildman–Crippen MR) is 112 cm³/mol. The van der Waals surface area contributed by atoms with Gasteiger partial charge in [-0.25, -0.2) is 19.9 Å². The molecule has 0 spiro atoms. The topological polar surface area (TPSA) is 92.0 Å². The van der Waals surface area contributed by atoms with Crippen molar-refractivity contribution in [1.29, 1.82) is 0 Å². The molecule has 0 amide bonds. The Morgan fingerprint density at radius 2 is 2.20 bits per heavy atom. The first-order chi connectivity index (χ1) is 14.8. The lowest BCUT2D eigenvalue weighted by molar-refractivity contribution is -0.143. The number of para-hydroxylation sites is 1. The largest absolute Gasteiger partial charge is 0.465 e. The number of imidazole rings is 1. The third-order valence-electron chi connectivity index (χ3n) is 5.21. The minimum atomic E-state index is -0.761. The number of aromatic nitrogens is 5. The Hall–Kier alpha value is -2.91. The highest BCUT2D eigenvalue weighted by Crippen LogP contribution is 2.35. The van der Waals surface area contributed by atoms with Gasteiger partial charge in [0, 0.05) is 6.61 Å². The minimum absolute atomic E-state index is 0.102. The number of hydrogen-bond acceptors (Lipinski definition) is 8. The maximum absolute atomic E-state index is 13.0. The molecule has 154 valence electrons. The first kappa shape index (κ1) is 19.1. The van der Waals surface area contributed by atoms with Crippen LogP contribution in [0.4, 0.5) is 0 Å². The molecule has 1 aliphatic heterocycles. The van der Waals surface area contributed by atoms with E-state index >= 15 is 0 Å². The summed E-state index contributed by atoms with van der Waals surface area (Å²) in [6.45, 7) is 2.79. The fourth-order valence-corrected chi connectivity index (χ4v) is 4.86. The molecule has 5 rings (SSSR count). The van der Waals surface area contributed by atoms with Crippen molar-refractivity contribution in [3.05, 3.63) is 47.6 Å². The number of benzene rings is 1. The van der Waals surface area contributed by atoms with Gasteiger partial charge in [0.25, 0.3) is 0 Å². The van der Waals surface area contributed by atoms with E-state index in [-0.39, 0.29) is 18.8 Å². The molecule has 1 aromatic carbocycles. The number of thiazole rings is 1. The molecule has 2 unspecified atom stereocenters. The van der Waals surface area contributed by atoms with Crippen molar-refractivity contribution in [3.8, 4) is 0 Å². The summed E-state index contributed by atoms with van der Waals surface area (Å²) in [5.41, 5.74) is 2.58. The molecule has 0 bridgehead atoms. The monoisotopic (exact) mass is 423 g/mol. The van der Waals surface area contributed by atoms with Crippen molar-refractivity contribution in [2.75, 3.05) is 13.2 Å². The fraction of sp³-hybridized carbons (Fsp3) is 0.381. The Labute approximate surface area is 176 Å². The second-order valence-electron chi connectivity index (χ2n) is 7.11. The van der Waals surface area contributed by atoms with Crippen molar-refractivity contribution < 1.29 is 14.3 Å². The van der Waals surface area contributed by atoms with E-state index in [1.807, 2.05) is 28.8 Å². The van der Waals surface area contributed by atoms with E-state index in [9.17, 15) is 4.79 Å². The molecule has 9 heteroatoms. The molecule has 1 fully saturated rings. The van der Waals surface area contributed by atoms with Crippen molar-refractivity contribution in [3.63, 3.8) is 0 Å². The minimum Gasteiger partial charge on any atom is -0.465 e. The molecule has 8 nitrogen and oxygen atoms in total. The second kappa shape index (κ2) is 8.08. The number of rotatable bonds is 5. The van der Waals surface area contributed by atoms with Crippen LogP contribution >= 0.6 is 11.3 Å². The number of hydrogen-bond donors (Lipinski definition) is 0. The van der Waals surface area contributed by atoms with Crippen LogP contribution in [0.1, 0.15) is 49.0 Å². The lowest BCUT2D eigenvalue weighted by atomic mass is 10.1. The van der Waals surface area contributed by atoms with E-state index in [0.717, 1.165) is 36.1 Å². The fourth-order valence-electron chi connectivity index (χ4n) is 3.80. The summed E-state index contributed by atoms with van der Waals surface area (Å²) >= 11 is 1.47. The van der Waals surface area contributed by atoms with Crippen LogP contribution in [-0.2, 0) is 14.3 Å². The van der Waals surface area contributed by atoms with Crippen molar-refractivity contribution in [2.24, 2.45) is 0 Å². The van der Waals surface area contributed by atoms with Gasteiger partial charge in [0.15, 0.2) is 11.6 Å². The molecule has 1 saturated heterocycles. The summed E-state index contributed by atoms with van der Waals surface area (Å²) in [6.07, 6.45) is 6.16. The smallest absolute Gasteiger partial charge is 0.322 e. The summed E-state index contributed by atoms with van der Waals surface area (Å²) in [4.78, 5) is 31.2. The average Bonchev–Trinajstić information content (AvgIpc) is 3.39. The van der Waals surface area contributed by atoms with Crippen molar-refractivity contribution >= 4 is 38.7 Å². The first-order valence-electron chi connectivity index (χ1n) is 10.1. The standard InChI is InChI=1S/C21H21N5O3S/c1-2-28-21(27)16(20-25-13-7-3-4-8-14(13)30-20)17-18-19(23-11-22-17)26(12-24-18)15-9-5-6-10-29-15/h3-4,7-8,11-12,15-16H,2,5-6,9-10H2,1H3. The SMILES string of the molecule is CCOC(=O)C(c1nc2ccccc2s1)c1ncnc2c1ncn2C1CCCCO1. The molecule has 4 aromatic rings. The summed E-state index contributed by atoms with van der Waals surface area (Å²) in [5, 5.41) is 0.637. The van der Waals surface area contributed by atoms with Gasteiger partial charge in [-0.3, -0.25) is 9.36 Å². The summed E-state index contributed by atoms with van der Waals surface area (Å²) in [7, 11) is 0. The van der Waals surface area contributed by atoms with Gasteiger partial charge in [-0.2, -0.15) is 0 Å². The van der Waals surface area contributed by atoms with Crippen LogP contribution < -0.4 is 0 Å². The van der Waals surface area contributed by atoms with Gasteiger partial charge in [0.05, 0.1) is 28.8 Å². The number of ether oxygens (including phenoxy) is 2. The van der Waals surface area contributed by atoms with E-state index in [2.05, 4.69) is 15.0 Å². The van der Waals surface area contributed by atoms with Crippen LogP contribution in [0.15, 0.2) is 36.9 Å². The van der Waals surface area contributed by atoms with Gasteiger partial charge in [-0.1, -0.05) is 12.1 Å². The van der Waals surface area contributed by atoms with Gasteiger partial charge in [-0.05, 0) is 38.3 Å². The maximum atomic E-state index is 13.0. The van der Waals surface area contributed by atoms with Gasteiger partial charge in [0.1, 0.15) is 23.1 Å². The van der Waals surface area contributed by atoms with Crippen LogP contribution in [0.3, 0.4) is 0 Å². The van der Waals surface area contributed by atoms with E-state index in [4.69, 9.17) is 14.5 Å². The van der Waals surface area contributed by atoms with Crippen LogP contribution in [-0.4, -0.2) is 43.7 Å². The summed E-state index contributed by atoms with van der Waals surface area (Å²) < 4.78 is 14.2. The highest BCUT2D eigenvalue weighted by molar-refractivity contribution is 7.18. The van der Waals surface area contributed by atoms with Crippen LogP contribution in [0.5, 0.6) is 0 Å². The normalized spacial score (nSPS) is 18.0. The van der Waals surface area contributed by atoms with Crippen LogP contribution in [0.25, 0.3) is 21.4 Å². The van der Waals surface area contributed by atoms with E-state index in [0.29, 0.717) is 21.9 Å². The van der Waals surface area contributed by atoms with Crippen LogP contribution in [0, 0.1) is 0 Å². The number of nitrogens with zero attached hydrogens (tertiary/aromatic N) is 5. The Morgan fingerprint density at radius 3 is 3.00 bits per heavy atom. The molecule has 0 aliphatic carbocycles. The molecule has 3 aromatic heterocycles. The van der Waals surface area contributed by atoms with Gasteiger partial charge >= 0.3 is 5.97 Å². The molecule has 2 atom stereocenters. The lowest BCUT2D eigenvalue weighted by Crippen LogP contribution is -2.20. The quantitative estimate of drug-likeness (QED) is 0.451. The number of fused-ring (bicyclic) bond motifs is 2. The van der Waals surface area contributed by atoms with Crippen molar-refractivity contribution in [1.82, 2.24) is 24.5 Å². The molecule has 0 radical (unpaired) electrons. The Balaban J connectivity index is 1.63. The molecule has 0 N–H and O–H groups in total. The lowest BCUT2D eigenvalue weighted by Gasteiger charge is -2.23. The van der Waals surface area contributed by atoms with Gasteiger partial charge in [-0.15, -0.1) is 11.3 Å². The second-order valence-corrected chi connectivity index (χ2v) is 8.17. The molecular formula is C21H21N5O3S. The maximum Gasteiger partial charge on any atom is 0.322 e. The number of carbonyl (C=O) groups excluding carboxylic acids is 1. The average molecular weight is 423 g/mol. The van der Waals surface area contributed by atoms with E-state index in [1.165, 1.54) is 17.7 Å². The van der Waals surface area contributed by atoms with E-state index < -0.39 is 5.92 Å². The third kappa shape index (κ3) is 3.33. The predicted octanol–water partition coefficient (Wildman–Crippen LogP) is 3.83. The van der Waals surface area contributed by atoms with Gasteiger partial charge in [0.2, 0.25) is 0 Å². The molecular weight excluding hydrogens is 402 g/mol. The van der Waals surface area contributed by atoms with Crippen LogP contribution in [0.2, 0.25) is 0 Å². The number of carbonyl (C=O) groups is 1. The highest BCUT2D eigenvalue weighted by Gasteiger charge is 2.32. The Morgan fingerprint density at radius 1 is 1.30 bits per heavy atom. The van der Waals surface area contributed by atoms with E-state index in [1.54, 1.807) is 13.3 Å². The first-order valence-corrected chi connectivity index (χ1v) is 10.9. The molecule has 4 heterocycles. The zero-order chi connectivity index (χ0) is 20.5. The Bertz CT molecular complexity index is 1160. The zero-order valence-corrected chi connectivity index (χ0v) is 17.3.